The minimum absolute atomic E-state index is 0.204. The van der Waals surface area contributed by atoms with Gasteiger partial charge in [-0.05, 0) is 70.6 Å². The van der Waals surface area contributed by atoms with E-state index in [1.54, 1.807) is 0 Å². The highest BCUT2D eigenvalue weighted by atomic mass is 127. The second-order valence-electron chi connectivity index (χ2n) is 4.44. The Morgan fingerprint density at radius 2 is 1.86 bits per heavy atom. The fourth-order valence-electron chi connectivity index (χ4n) is 2.09. The first kappa shape index (κ1) is 17.1. The lowest BCUT2D eigenvalue weighted by Gasteiger charge is -2.22. The SMILES string of the molecule is CCNC(c1cc(F)c(F)cc1Cl)c1cc(Br)ccc1I. The monoisotopic (exact) mass is 485 g/mol. The Morgan fingerprint density at radius 3 is 2.52 bits per heavy atom. The van der Waals surface area contributed by atoms with E-state index >= 15 is 0 Å². The first-order chi connectivity index (χ1) is 9.93. The van der Waals surface area contributed by atoms with Gasteiger partial charge in [0.05, 0.1) is 6.04 Å². The summed E-state index contributed by atoms with van der Waals surface area (Å²) in [6, 6.07) is 7.71. The molecule has 0 saturated carbocycles. The molecule has 0 radical (unpaired) electrons. The molecule has 2 rings (SSSR count). The Hall–Kier alpha value is -0.240. The van der Waals surface area contributed by atoms with Crippen molar-refractivity contribution in [3.63, 3.8) is 0 Å². The molecule has 1 nitrogen and oxygen atoms in total. The number of halogens is 5. The van der Waals surface area contributed by atoms with Gasteiger partial charge in [0.25, 0.3) is 0 Å². The van der Waals surface area contributed by atoms with Crippen molar-refractivity contribution in [1.29, 1.82) is 0 Å². The van der Waals surface area contributed by atoms with E-state index in [-0.39, 0.29) is 11.1 Å². The van der Waals surface area contributed by atoms with Crippen LogP contribution in [0.5, 0.6) is 0 Å². The molecule has 2 aromatic carbocycles. The summed E-state index contributed by atoms with van der Waals surface area (Å²) in [7, 11) is 0. The van der Waals surface area contributed by atoms with Crippen LogP contribution in [-0.4, -0.2) is 6.54 Å². The van der Waals surface area contributed by atoms with Crippen molar-refractivity contribution in [2.24, 2.45) is 0 Å². The highest BCUT2D eigenvalue weighted by Gasteiger charge is 2.21. The van der Waals surface area contributed by atoms with Gasteiger partial charge in [0.1, 0.15) is 0 Å². The van der Waals surface area contributed by atoms with Crippen molar-refractivity contribution in [2.45, 2.75) is 13.0 Å². The molecule has 0 saturated heterocycles. The number of rotatable bonds is 4. The summed E-state index contributed by atoms with van der Waals surface area (Å²) < 4.78 is 28.8. The molecular weight excluding hydrogens is 474 g/mol. The predicted molar refractivity (Wildman–Crippen MR) is 93.7 cm³/mol. The Kier molecular flexibility index (Phi) is 5.99. The summed E-state index contributed by atoms with van der Waals surface area (Å²) in [6.07, 6.45) is 0. The zero-order chi connectivity index (χ0) is 15.6. The minimum atomic E-state index is -0.942. The van der Waals surface area contributed by atoms with E-state index in [1.165, 1.54) is 0 Å². The maximum absolute atomic E-state index is 13.6. The van der Waals surface area contributed by atoms with Crippen molar-refractivity contribution < 1.29 is 8.78 Å². The second-order valence-corrected chi connectivity index (χ2v) is 6.93. The average molecular weight is 487 g/mol. The van der Waals surface area contributed by atoms with Crippen LogP contribution in [0, 0.1) is 15.2 Å². The van der Waals surface area contributed by atoms with Gasteiger partial charge in [-0.3, -0.25) is 0 Å². The zero-order valence-corrected chi connectivity index (χ0v) is 15.6. The summed E-state index contributed by atoms with van der Waals surface area (Å²) >= 11 is 11.8. The van der Waals surface area contributed by atoms with Crippen LogP contribution in [0.25, 0.3) is 0 Å². The lowest BCUT2D eigenvalue weighted by atomic mass is 9.98. The number of nitrogens with one attached hydrogen (secondary N) is 1. The smallest absolute Gasteiger partial charge is 0.160 e. The first-order valence-electron chi connectivity index (χ1n) is 6.26. The summed E-state index contributed by atoms with van der Waals surface area (Å²) in [6.45, 7) is 2.62. The Labute approximate surface area is 149 Å². The van der Waals surface area contributed by atoms with E-state index in [0.717, 1.165) is 25.7 Å². The Bertz CT molecular complexity index is 666. The molecule has 6 heteroatoms. The van der Waals surface area contributed by atoms with Crippen LogP contribution in [-0.2, 0) is 0 Å². The molecule has 1 atom stereocenters. The highest BCUT2D eigenvalue weighted by molar-refractivity contribution is 14.1. The van der Waals surface area contributed by atoms with Crippen LogP contribution >= 0.6 is 50.1 Å². The van der Waals surface area contributed by atoms with Crippen molar-refractivity contribution in [3.8, 4) is 0 Å². The van der Waals surface area contributed by atoms with E-state index in [1.807, 2.05) is 25.1 Å². The van der Waals surface area contributed by atoms with Gasteiger partial charge in [-0.15, -0.1) is 0 Å². The standard InChI is InChI=1S/C15H12BrClF2IN/c1-2-21-15(10-5-8(16)3-4-14(10)20)9-6-12(18)13(19)7-11(9)17/h3-7,15,21H,2H2,1H3. The predicted octanol–water partition coefficient (Wildman–Crippen LogP) is 5.68. The van der Waals surface area contributed by atoms with E-state index in [0.29, 0.717) is 12.1 Å². The third-order valence-corrected chi connectivity index (χ3v) is 4.83. The van der Waals surface area contributed by atoms with Gasteiger partial charge in [-0.25, -0.2) is 8.78 Å². The fourth-order valence-corrected chi connectivity index (χ4v) is 3.37. The van der Waals surface area contributed by atoms with Crippen LogP contribution in [0.4, 0.5) is 8.78 Å². The first-order valence-corrected chi connectivity index (χ1v) is 8.51. The molecule has 21 heavy (non-hydrogen) atoms. The van der Waals surface area contributed by atoms with Gasteiger partial charge in [-0.1, -0.05) is 34.5 Å². The van der Waals surface area contributed by atoms with Crippen LogP contribution < -0.4 is 5.32 Å². The topological polar surface area (TPSA) is 12.0 Å². The van der Waals surface area contributed by atoms with Gasteiger partial charge >= 0.3 is 0 Å². The molecule has 0 spiro atoms. The van der Waals surface area contributed by atoms with Crippen LogP contribution in [0.3, 0.4) is 0 Å². The molecule has 0 amide bonds. The molecule has 2 aromatic rings. The van der Waals surface area contributed by atoms with E-state index < -0.39 is 11.6 Å². The molecule has 1 N–H and O–H groups in total. The molecule has 0 aliphatic heterocycles. The Morgan fingerprint density at radius 1 is 1.19 bits per heavy atom. The lowest BCUT2D eigenvalue weighted by Crippen LogP contribution is -2.23. The third kappa shape index (κ3) is 3.94. The Balaban J connectivity index is 2.58. The van der Waals surface area contributed by atoms with Crippen molar-refractivity contribution in [3.05, 3.63) is 66.2 Å². The second kappa shape index (κ2) is 7.35. The van der Waals surface area contributed by atoms with E-state index in [4.69, 9.17) is 11.6 Å². The molecule has 0 aromatic heterocycles. The molecule has 0 aliphatic carbocycles. The summed E-state index contributed by atoms with van der Waals surface area (Å²) in [4.78, 5) is 0. The third-order valence-electron chi connectivity index (χ3n) is 3.03. The highest BCUT2D eigenvalue weighted by Crippen LogP contribution is 2.33. The molecule has 112 valence electrons. The van der Waals surface area contributed by atoms with Crippen LogP contribution in [0.1, 0.15) is 24.1 Å². The molecule has 1 unspecified atom stereocenters. The van der Waals surface area contributed by atoms with Crippen molar-refractivity contribution >= 4 is 50.1 Å². The molecule has 0 heterocycles. The van der Waals surface area contributed by atoms with Crippen molar-refractivity contribution in [2.75, 3.05) is 6.54 Å². The molecular formula is C15H12BrClF2IN. The van der Waals surface area contributed by atoms with E-state index in [2.05, 4.69) is 43.8 Å². The summed E-state index contributed by atoms with van der Waals surface area (Å²) in [5.74, 6) is -1.84. The number of hydrogen-bond donors (Lipinski definition) is 1. The quantitative estimate of drug-likeness (QED) is 0.433. The minimum Gasteiger partial charge on any atom is -0.306 e. The van der Waals surface area contributed by atoms with Gasteiger partial charge in [0, 0.05) is 13.1 Å². The largest absolute Gasteiger partial charge is 0.306 e. The van der Waals surface area contributed by atoms with Gasteiger partial charge in [-0.2, -0.15) is 0 Å². The average Bonchev–Trinajstić information content (AvgIpc) is 2.43. The summed E-state index contributed by atoms with van der Waals surface area (Å²) in [5, 5.41) is 3.48. The van der Waals surface area contributed by atoms with Gasteiger partial charge < -0.3 is 5.32 Å². The van der Waals surface area contributed by atoms with Gasteiger partial charge in [0.2, 0.25) is 0 Å². The van der Waals surface area contributed by atoms with Crippen LogP contribution in [0.2, 0.25) is 5.02 Å². The molecule has 0 fully saturated rings. The zero-order valence-electron chi connectivity index (χ0n) is 11.1. The van der Waals surface area contributed by atoms with Crippen molar-refractivity contribution in [1.82, 2.24) is 5.32 Å². The van der Waals surface area contributed by atoms with Gasteiger partial charge in [0.15, 0.2) is 11.6 Å². The van der Waals surface area contributed by atoms with Crippen LogP contribution in [0.15, 0.2) is 34.8 Å². The lowest BCUT2D eigenvalue weighted by molar-refractivity contribution is 0.504. The number of hydrogen-bond acceptors (Lipinski definition) is 1. The number of benzene rings is 2. The maximum Gasteiger partial charge on any atom is 0.160 e. The van der Waals surface area contributed by atoms with E-state index in [9.17, 15) is 8.78 Å². The molecule has 0 bridgehead atoms. The maximum atomic E-state index is 13.6. The summed E-state index contributed by atoms with van der Waals surface area (Å²) in [5.41, 5.74) is 1.48. The molecule has 0 aliphatic rings. The fraction of sp³-hybridized carbons (Fsp3) is 0.200. The normalized spacial score (nSPS) is 12.5.